The van der Waals surface area contributed by atoms with Crippen LogP contribution in [0.4, 0.5) is 13.2 Å². The van der Waals surface area contributed by atoms with E-state index in [-0.39, 0.29) is 166 Å². The van der Waals surface area contributed by atoms with Gasteiger partial charge in [-0.1, -0.05) is 81.0 Å². The SMILES string of the molecule is C.C.C.C.C.C.CN1C(=O)c2ccc(C(C)(c3ccc4c(c3)C(=O)N(C)C4=O)C(F)(F)F)cc2C1=O.CN1C(=O)c2ccc3c4c(ccc(c24)C1=O)C(=O)N(C)C3=O.CN1C(=O)c2ccc3c4ccc5c6c(ccc(c7ccc(c2c37)C1=O)c64)C(=O)N(C)C5=O.Cn1c(=O)c2cc3c(=O)c4cc5c(=O)n(C)c(=O)c5cc4c(=O)c3cc2c1=O.Cn1c(=O)c2cc3c(=O)n(C)c(=O)c3cc2c1=O. The molecule has 4 aromatic heterocycles. The third kappa shape index (κ3) is 12.6. The van der Waals surface area contributed by atoms with Gasteiger partial charge in [-0.05, 0) is 160 Å². The van der Waals surface area contributed by atoms with Gasteiger partial charge < -0.3 is 0 Å². The van der Waals surface area contributed by atoms with Gasteiger partial charge in [0.05, 0.1) is 65.3 Å². The molecule has 0 fully saturated rings. The molecule has 17 aromatic rings. The Hall–Kier alpha value is -17.3. The molecule has 136 heavy (non-hydrogen) atoms. The number of halogens is 3. The highest BCUT2D eigenvalue weighted by Crippen LogP contribution is 2.50. The molecular weight excluding hydrogens is 1760 g/mol. The topological polar surface area (TPSA) is 415 Å². The summed E-state index contributed by atoms with van der Waals surface area (Å²) in [6.07, 6.45) is -4.80. The quantitative estimate of drug-likeness (QED) is 0.0881. The van der Waals surface area contributed by atoms with Crippen LogP contribution in [-0.4, -0.2) is 167 Å². The molecule has 0 atom stereocenters. The average Bonchev–Trinajstić information content (AvgIpc) is 0.936. The molecule has 0 saturated heterocycles. The van der Waals surface area contributed by atoms with Crippen LogP contribution in [0.1, 0.15) is 187 Å². The van der Waals surface area contributed by atoms with E-state index >= 15 is 0 Å². The number of carbonyl (C=O) groups is 12. The maximum atomic E-state index is 14.4. The van der Waals surface area contributed by atoms with Crippen molar-refractivity contribution in [2.45, 2.75) is 63.1 Å². The van der Waals surface area contributed by atoms with Crippen molar-refractivity contribution in [3.05, 3.63) is 327 Å². The van der Waals surface area contributed by atoms with Crippen molar-refractivity contribution in [3.63, 3.8) is 0 Å². The van der Waals surface area contributed by atoms with Crippen molar-refractivity contribution < 1.29 is 70.7 Å². The molecule has 32 nitrogen and oxygen atoms in total. The van der Waals surface area contributed by atoms with E-state index in [9.17, 15) is 119 Å². The van der Waals surface area contributed by atoms with Crippen molar-refractivity contribution in [3.8, 4) is 0 Å². The molecule has 688 valence electrons. The summed E-state index contributed by atoms with van der Waals surface area (Å²) in [6, 6.07) is 35.4. The number of carbonyl (C=O) groups excluding carboxylic acids is 12. The first-order valence-electron chi connectivity index (χ1n) is 39.4. The smallest absolute Gasteiger partial charge is 0.289 e. The summed E-state index contributed by atoms with van der Waals surface area (Å²) in [7, 11) is 13.7. The molecule has 6 aliphatic heterocycles. The fourth-order valence-electron chi connectivity index (χ4n) is 18.5. The molecule has 0 saturated carbocycles. The molecule has 0 bridgehead atoms. The minimum Gasteiger partial charge on any atom is -0.289 e. The van der Waals surface area contributed by atoms with Gasteiger partial charge in [-0.3, -0.25) is 153 Å². The first-order chi connectivity index (χ1) is 61.4. The number of hydrogen-bond donors (Lipinski definition) is 0. The molecule has 23 rings (SSSR count). The van der Waals surface area contributed by atoms with Crippen LogP contribution in [0.15, 0.2) is 194 Å². The van der Waals surface area contributed by atoms with Crippen molar-refractivity contribution in [1.82, 2.24) is 47.7 Å². The monoisotopic (exact) mass is 1840 g/mol. The van der Waals surface area contributed by atoms with Gasteiger partial charge in [0, 0.05) is 158 Å². The maximum absolute atomic E-state index is 14.4. The normalized spacial score (nSPS) is 14.1. The number of hydrogen-bond acceptors (Lipinski definition) is 22. The third-order valence-corrected chi connectivity index (χ3v) is 26.0. The number of alkyl halides is 3. The molecule has 35 heteroatoms. The number of nitrogens with zero attached hydrogens (tertiary/aromatic N) is 10. The van der Waals surface area contributed by atoms with Gasteiger partial charge >= 0.3 is 6.18 Å². The van der Waals surface area contributed by atoms with E-state index in [2.05, 4.69) is 0 Å². The fraction of sp³-hybridized carbons (Fsp3) is 0.188. The lowest BCUT2D eigenvalue weighted by atomic mass is 9.74. The molecule has 12 amide bonds. The minimum atomic E-state index is -4.80. The molecule has 0 spiro atoms. The zero-order valence-corrected chi connectivity index (χ0v) is 69.4. The summed E-state index contributed by atoms with van der Waals surface area (Å²) in [6.45, 7) is 0.937. The van der Waals surface area contributed by atoms with Gasteiger partial charge in [0.2, 0.25) is 0 Å². The summed E-state index contributed by atoms with van der Waals surface area (Å²) in [5.41, 5.74) is -4.98. The van der Waals surface area contributed by atoms with E-state index in [1.165, 1.54) is 143 Å². The summed E-state index contributed by atoms with van der Waals surface area (Å²) in [5.74, 6) is -5.53. The second-order valence-electron chi connectivity index (χ2n) is 32.5. The van der Waals surface area contributed by atoms with Gasteiger partial charge in [0.25, 0.3) is 115 Å². The van der Waals surface area contributed by atoms with Crippen LogP contribution in [0.25, 0.3) is 118 Å². The highest BCUT2D eigenvalue weighted by Gasteiger charge is 2.55. The van der Waals surface area contributed by atoms with Crippen molar-refractivity contribution in [1.29, 1.82) is 0 Å². The molecule has 10 heterocycles. The highest BCUT2D eigenvalue weighted by molar-refractivity contribution is 6.42. The maximum Gasteiger partial charge on any atom is 0.402 e. The van der Waals surface area contributed by atoms with Gasteiger partial charge in [0.1, 0.15) is 5.41 Å². The first-order valence-corrected chi connectivity index (χ1v) is 39.4. The van der Waals surface area contributed by atoms with E-state index in [0.29, 0.717) is 66.1 Å². The molecule has 0 N–H and O–H groups in total. The van der Waals surface area contributed by atoms with Gasteiger partial charge in [-0.15, -0.1) is 0 Å². The average molecular weight is 1840 g/mol. The lowest BCUT2D eigenvalue weighted by molar-refractivity contribution is -0.173. The van der Waals surface area contributed by atoms with Crippen LogP contribution in [0, 0.1) is 0 Å². The number of aromatic nitrogens is 4. The van der Waals surface area contributed by atoms with E-state index in [4.69, 9.17) is 0 Å². The Bertz CT molecular complexity index is 8260. The predicted molar refractivity (Wildman–Crippen MR) is 508 cm³/mol. The Morgan fingerprint density at radius 1 is 0.184 bits per heavy atom. The van der Waals surface area contributed by atoms with E-state index in [1.54, 1.807) is 24.3 Å². The Labute approximate surface area is 764 Å². The van der Waals surface area contributed by atoms with E-state index in [1.807, 2.05) is 24.3 Å². The van der Waals surface area contributed by atoms with Crippen LogP contribution in [0.3, 0.4) is 0 Å². The summed E-state index contributed by atoms with van der Waals surface area (Å²) < 4.78 is 46.8. The number of imide groups is 6. The molecular formula is C101H81F3N10O22. The first kappa shape index (κ1) is 96.3. The van der Waals surface area contributed by atoms with Crippen molar-refractivity contribution >= 4 is 189 Å². The number of amides is 12. The Morgan fingerprint density at radius 3 is 0.529 bits per heavy atom. The molecule has 6 aliphatic rings. The van der Waals surface area contributed by atoms with E-state index < -0.39 is 114 Å². The van der Waals surface area contributed by atoms with E-state index in [0.717, 1.165) is 111 Å². The van der Waals surface area contributed by atoms with Crippen LogP contribution >= 0.6 is 0 Å². The van der Waals surface area contributed by atoms with Crippen molar-refractivity contribution in [2.75, 3.05) is 42.3 Å². The number of benzene rings is 13. The minimum absolute atomic E-state index is 0. The summed E-state index contributed by atoms with van der Waals surface area (Å²) in [5, 5.41) is 8.35. The zero-order valence-electron chi connectivity index (χ0n) is 69.4. The number of fused-ring (bicyclic) bond motifs is 10. The van der Waals surface area contributed by atoms with Gasteiger partial charge in [0.15, 0.2) is 10.9 Å². The lowest BCUT2D eigenvalue weighted by Gasteiger charge is -2.33. The van der Waals surface area contributed by atoms with Crippen molar-refractivity contribution in [2.24, 2.45) is 28.2 Å². The largest absolute Gasteiger partial charge is 0.402 e. The van der Waals surface area contributed by atoms with Gasteiger partial charge in [-0.25, -0.2) is 0 Å². The molecule has 0 aliphatic carbocycles. The third-order valence-electron chi connectivity index (χ3n) is 26.0. The standard InChI is InChI=1S/C26H14N2O4.C21H15F3N2O4.C20H10N2O6.C16H10N2O4.C12H8N2O4.6CH4/c1-27-23(29)15-7-3-11-13-5-9-17-22-18(26(32)28(2)25(17)31)10-6-14(20(13)22)12-4-8-16(24(27)30)21(15)19(11)12;1-20(21(22,23)24,10-4-6-12-14(8-10)18(29)25(2)16(12)27)11-5-7-13-15(9-11)19(30)26(3)17(13)28;1-21-17(25)11-3-7-8(4-12(11)18(21)26)16(24)10-6-14-13(5-9(10)15(7)23)19(27)22(2)20(14)28;1-17-13(19)7-3-5-9-12-10(16(22)18(2)15(9)21)6-4-8(11(7)12)14(17)20;1-13-9(15)5-3-7-8(4-6(5)10(13)16)12(18)14(2)11(7)17;;;;;;/h3-10H,1-2H3;4-9H,1-3H3;3-6H,1-2H3;3-6H,1-2H3;3-4H,1-2H3;6*1H4. The zero-order chi connectivity index (χ0) is 93.2. The molecule has 13 aromatic carbocycles. The predicted octanol–water partition coefficient (Wildman–Crippen LogP) is 10.7. The number of rotatable bonds is 2. The van der Waals surface area contributed by atoms with Crippen LogP contribution in [-0.2, 0) is 33.6 Å². The summed E-state index contributed by atoms with van der Waals surface area (Å²) in [4.78, 5) is 277. The Kier molecular flexibility index (Phi) is 22.9. The van der Waals surface area contributed by atoms with Gasteiger partial charge in [-0.2, -0.15) is 13.2 Å². The highest BCUT2D eigenvalue weighted by atomic mass is 19.4. The summed E-state index contributed by atoms with van der Waals surface area (Å²) >= 11 is 0. The lowest BCUT2D eigenvalue weighted by Crippen LogP contribution is -2.41. The molecule has 0 unspecified atom stereocenters. The molecule has 0 radical (unpaired) electrons. The van der Waals surface area contributed by atoms with Crippen LogP contribution in [0.2, 0.25) is 0 Å². The Morgan fingerprint density at radius 2 is 0.338 bits per heavy atom. The second kappa shape index (κ2) is 32.3. The second-order valence-corrected chi connectivity index (χ2v) is 32.5. The Balaban J connectivity index is 0.000000144. The fourth-order valence-corrected chi connectivity index (χ4v) is 18.5. The van der Waals surface area contributed by atoms with Crippen LogP contribution < -0.4 is 55.3 Å². The van der Waals surface area contributed by atoms with Crippen LogP contribution in [0.5, 0.6) is 0 Å².